The van der Waals surface area contributed by atoms with Crippen molar-refractivity contribution in [3.05, 3.63) is 47.0 Å². The van der Waals surface area contributed by atoms with Gasteiger partial charge in [-0.3, -0.25) is 14.7 Å². The summed E-state index contributed by atoms with van der Waals surface area (Å²) in [6.45, 7) is 2.54. The summed E-state index contributed by atoms with van der Waals surface area (Å²) in [6.07, 6.45) is 8.82. The largest absolute Gasteiger partial charge is 0.356 e. The molecule has 3 heterocycles. The molecule has 0 saturated carbocycles. The highest BCUT2D eigenvalue weighted by Gasteiger charge is 2.24. The molecular formula is C16H22N6O. The lowest BCUT2D eigenvalue weighted by molar-refractivity contribution is 0.200. The molecule has 1 aliphatic heterocycles. The van der Waals surface area contributed by atoms with Gasteiger partial charge in [-0.2, -0.15) is 0 Å². The summed E-state index contributed by atoms with van der Waals surface area (Å²) >= 11 is 0. The number of hydrogen-bond acceptors (Lipinski definition) is 6. The lowest BCUT2D eigenvalue weighted by Gasteiger charge is -2.37. The maximum Gasteiger partial charge on any atom is 0.273 e. The van der Waals surface area contributed by atoms with Crippen molar-refractivity contribution >= 4 is 5.82 Å². The quantitative estimate of drug-likeness (QED) is 0.826. The average Bonchev–Trinajstić information content (AvgIpc) is 2.60. The standard InChI is InChI=1S/C16H22N6O/c1-20-10-7-18-14(16(20)23)11-22-8-4-13(5-9-22)21(2)15-3-6-17-12-19-15/h3,6-7,10,12-13H,4-5,8-9,11H2,1-2H3. The van der Waals surface area contributed by atoms with Crippen LogP contribution in [0.2, 0.25) is 0 Å². The number of likely N-dealkylation sites (tertiary alicyclic amines) is 1. The van der Waals surface area contributed by atoms with E-state index in [1.54, 1.807) is 36.5 Å². The molecule has 0 aromatic carbocycles. The third-order valence-electron chi connectivity index (χ3n) is 4.49. The van der Waals surface area contributed by atoms with Crippen LogP contribution in [0.1, 0.15) is 18.5 Å². The molecule has 1 fully saturated rings. The molecular weight excluding hydrogens is 292 g/mol. The van der Waals surface area contributed by atoms with Gasteiger partial charge in [0, 0.05) is 58.4 Å². The zero-order valence-corrected chi connectivity index (χ0v) is 13.6. The van der Waals surface area contributed by atoms with Crippen molar-refractivity contribution in [3.63, 3.8) is 0 Å². The van der Waals surface area contributed by atoms with Gasteiger partial charge in [-0.25, -0.2) is 9.97 Å². The average molecular weight is 314 g/mol. The van der Waals surface area contributed by atoms with E-state index in [1.165, 1.54) is 0 Å². The first kappa shape index (κ1) is 15.6. The lowest BCUT2D eigenvalue weighted by atomic mass is 10.0. The molecule has 1 saturated heterocycles. The van der Waals surface area contributed by atoms with Crippen LogP contribution in [0.15, 0.2) is 35.8 Å². The van der Waals surface area contributed by atoms with Crippen molar-refractivity contribution in [3.8, 4) is 0 Å². The highest BCUT2D eigenvalue weighted by atomic mass is 16.1. The summed E-state index contributed by atoms with van der Waals surface area (Å²) < 4.78 is 1.58. The van der Waals surface area contributed by atoms with Crippen LogP contribution in [0.3, 0.4) is 0 Å². The Hall–Kier alpha value is -2.28. The summed E-state index contributed by atoms with van der Waals surface area (Å²) in [5.41, 5.74) is 0.616. The van der Waals surface area contributed by atoms with E-state index in [2.05, 4.69) is 31.8 Å². The van der Waals surface area contributed by atoms with Crippen LogP contribution < -0.4 is 10.5 Å². The van der Waals surface area contributed by atoms with Gasteiger partial charge in [0.2, 0.25) is 0 Å². The van der Waals surface area contributed by atoms with Gasteiger partial charge in [0.05, 0.1) is 0 Å². The molecule has 0 aliphatic carbocycles. The third-order valence-corrected chi connectivity index (χ3v) is 4.49. The van der Waals surface area contributed by atoms with Crippen molar-refractivity contribution < 1.29 is 0 Å². The zero-order valence-electron chi connectivity index (χ0n) is 13.6. The van der Waals surface area contributed by atoms with E-state index in [9.17, 15) is 4.79 Å². The highest BCUT2D eigenvalue weighted by molar-refractivity contribution is 5.36. The number of piperidine rings is 1. The Morgan fingerprint density at radius 2 is 2.04 bits per heavy atom. The molecule has 0 unspecified atom stereocenters. The lowest BCUT2D eigenvalue weighted by Crippen LogP contribution is -2.44. The summed E-state index contributed by atoms with van der Waals surface area (Å²) in [5, 5.41) is 0. The fourth-order valence-electron chi connectivity index (χ4n) is 3.01. The Kier molecular flexibility index (Phi) is 4.66. The fourth-order valence-corrected chi connectivity index (χ4v) is 3.01. The zero-order chi connectivity index (χ0) is 16.2. The molecule has 2 aromatic rings. The molecule has 3 rings (SSSR count). The molecule has 0 atom stereocenters. The van der Waals surface area contributed by atoms with Gasteiger partial charge in [0.1, 0.15) is 17.8 Å². The van der Waals surface area contributed by atoms with Crippen molar-refractivity contribution in [1.82, 2.24) is 24.4 Å². The number of aryl methyl sites for hydroxylation is 1. The first-order valence-electron chi connectivity index (χ1n) is 7.87. The molecule has 0 radical (unpaired) electrons. The minimum Gasteiger partial charge on any atom is -0.356 e. The maximum atomic E-state index is 12.1. The van der Waals surface area contributed by atoms with Crippen molar-refractivity contribution in [2.24, 2.45) is 7.05 Å². The Morgan fingerprint density at radius 3 is 2.74 bits per heavy atom. The SMILES string of the molecule is CN(c1ccncn1)C1CCN(Cc2nccn(C)c2=O)CC1. The van der Waals surface area contributed by atoms with Crippen molar-refractivity contribution in [2.45, 2.75) is 25.4 Å². The molecule has 0 N–H and O–H groups in total. The van der Waals surface area contributed by atoms with Crippen LogP contribution in [-0.4, -0.2) is 50.6 Å². The number of aromatic nitrogens is 4. The molecule has 7 heteroatoms. The smallest absolute Gasteiger partial charge is 0.273 e. The van der Waals surface area contributed by atoms with E-state index < -0.39 is 0 Å². The summed E-state index contributed by atoms with van der Waals surface area (Å²) in [6, 6.07) is 2.40. The molecule has 0 amide bonds. The van der Waals surface area contributed by atoms with E-state index in [1.807, 2.05) is 6.07 Å². The summed E-state index contributed by atoms with van der Waals surface area (Å²) in [5.74, 6) is 0.956. The molecule has 1 aliphatic rings. The van der Waals surface area contributed by atoms with E-state index >= 15 is 0 Å². The van der Waals surface area contributed by atoms with Crippen LogP contribution in [0, 0.1) is 0 Å². The predicted molar refractivity (Wildman–Crippen MR) is 88.2 cm³/mol. The topological polar surface area (TPSA) is 67.2 Å². The molecule has 7 nitrogen and oxygen atoms in total. The minimum atomic E-state index is -0.00673. The second kappa shape index (κ2) is 6.87. The van der Waals surface area contributed by atoms with Crippen molar-refractivity contribution in [2.75, 3.05) is 25.0 Å². The second-order valence-corrected chi connectivity index (χ2v) is 5.98. The van der Waals surface area contributed by atoms with Crippen molar-refractivity contribution in [1.29, 1.82) is 0 Å². The Labute approximate surface area is 135 Å². The predicted octanol–water partition coefficient (Wildman–Crippen LogP) is 0.671. The van der Waals surface area contributed by atoms with E-state index in [0.717, 1.165) is 31.7 Å². The minimum absolute atomic E-state index is 0.00673. The molecule has 122 valence electrons. The molecule has 0 spiro atoms. The van der Waals surface area contributed by atoms with Gasteiger partial charge in [0.25, 0.3) is 5.56 Å². The molecule has 0 bridgehead atoms. The van der Waals surface area contributed by atoms with Gasteiger partial charge in [-0.05, 0) is 18.9 Å². The first-order valence-corrected chi connectivity index (χ1v) is 7.87. The molecule has 2 aromatic heterocycles. The first-order chi connectivity index (χ1) is 11.1. The van der Waals surface area contributed by atoms with E-state index in [4.69, 9.17) is 0 Å². The number of rotatable bonds is 4. The van der Waals surface area contributed by atoms with Gasteiger partial charge in [-0.1, -0.05) is 0 Å². The number of nitrogens with zero attached hydrogens (tertiary/aromatic N) is 6. The Balaban J connectivity index is 1.58. The number of hydrogen-bond donors (Lipinski definition) is 0. The van der Waals surface area contributed by atoms with Gasteiger partial charge < -0.3 is 9.47 Å². The summed E-state index contributed by atoms with van der Waals surface area (Å²) in [7, 11) is 3.84. The highest BCUT2D eigenvalue weighted by Crippen LogP contribution is 2.20. The number of anilines is 1. The van der Waals surface area contributed by atoms with Crippen LogP contribution >= 0.6 is 0 Å². The Bertz CT molecular complexity index is 693. The van der Waals surface area contributed by atoms with E-state index in [-0.39, 0.29) is 5.56 Å². The van der Waals surface area contributed by atoms with Gasteiger partial charge in [0.15, 0.2) is 0 Å². The van der Waals surface area contributed by atoms with Crippen LogP contribution in [0.5, 0.6) is 0 Å². The van der Waals surface area contributed by atoms with Gasteiger partial charge in [-0.15, -0.1) is 0 Å². The molecule has 23 heavy (non-hydrogen) atoms. The van der Waals surface area contributed by atoms with Crippen LogP contribution in [0.4, 0.5) is 5.82 Å². The maximum absolute atomic E-state index is 12.1. The fraction of sp³-hybridized carbons (Fsp3) is 0.500. The normalized spacial score (nSPS) is 16.4. The summed E-state index contributed by atoms with van der Waals surface area (Å²) in [4.78, 5) is 29.1. The Morgan fingerprint density at radius 1 is 1.26 bits per heavy atom. The van der Waals surface area contributed by atoms with E-state index in [0.29, 0.717) is 18.3 Å². The monoisotopic (exact) mass is 314 g/mol. The van der Waals surface area contributed by atoms with Crippen LogP contribution in [0.25, 0.3) is 0 Å². The van der Waals surface area contributed by atoms with Crippen LogP contribution in [-0.2, 0) is 13.6 Å². The third kappa shape index (κ3) is 3.56. The second-order valence-electron chi connectivity index (χ2n) is 5.98. The van der Waals surface area contributed by atoms with Gasteiger partial charge >= 0.3 is 0 Å².